The molecule has 0 aliphatic carbocycles. The minimum absolute atomic E-state index is 0.105. The number of rotatable bonds is 4. The van der Waals surface area contributed by atoms with Crippen molar-refractivity contribution in [2.75, 3.05) is 12.4 Å². The summed E-state index contributed by atoms with van der Waals surface area (Å²) in [4.78, 5) is 6.03. The third-order valence-electron chi connectivity index (χ3n) is 3.34. The Morgan fingerprint density at radius 1 is 1.19 bits per heavy atom. The number of aryl methyl sites for hydroxylation is 1. The molecule has 0 radical (unpaired) electrons. The number of anilines is 1. The molecule has 2 aromatic rings. The van der Waals surface area contributed by atoms with Gasteiger partial charge in [0, 0.05) is 16.0 Å². The number of ether oxygens (including phenoxy) is 1. The molecule has 1 aromatic carbocycles. The van der Waals surface area contributed by atoms with Crippen LogP contribution in [0.25, 0.3) is 0 Å². The average Bonchev–Trinajstić information content (AvgIpc) is 2.82. The van der Waals surface area contributed by atoms with Gasteiger partial charge in [0.1, 0.15) is 5.75 Å². The summed E-state index contributed by atoms with van der Waals surface area (Å²) in [6.07, 6.45) is 0. The molecule has 21 heavy (non-hydrogen) atoms. The van der Waals surface area contributed by atoms with Crippen molar-refractivity contribution in [3.05, 3.63) is 39.8 Å². The van der Waals surface area contributed by atoms with Crippen LogP contribution >= 0.6 is 11.3 Å². The predicted molar refractivity (Wildman–Crippen MR) is 90.6 cm³/mol. The molecule has 1 N–H and O–H groups in total. The molecule has 0 aliphatic rings. The maximum atomic E-state index is 5.18. The van der Waals surface area contributed by atoms with Crippen LogP contribution in [-0.2, 0) is 5.41 Å². The lowest BCUT2D eigenvalue weighted by Crippen LogP contribution is -2.10. The first-order chi connectivity index (χ1) is 9.81. The van der Waals surface area contributed by atoms with E-state index in [4.69, 9.17) is 9.72 Å². The van der Waals surface area contributed by atoms with E-state index in [1.807, 2.05) is 24.3 Å². The highest BCUT2D eigenvalue weighted by Gasteiger charge is 2.22. The van der Waals surface area contributed by atoms with Crippen LogP contribution in [0.5, 0.6) is 5.75 Å². The van der Waals surface area contributed by atoms with Crippen molar-refractivity contribution in [1.82, 2.24) is 4.98 Å². The van der Waals surface area contributed by atoms with Gasteiger partial charge < -0.3 is 10.1 Å². The lowest BCUT2D eigenvalue weighted by molar-refractivity contribution is 0.415. The maximum absolute atomic E-state index is 5.18. The molecular formula is C17H24N2OS. The topological polar surface area (TPSA) is 34.1 Å². The Bertz CT molecular complexity index is 596. The normalized spacial score (nSPS) is 13.0. The summed E-state index contributed by atoms with van der Waals surface area (Å²) in [7, 11) is 1.68. The molecule has 2 rings (SSSR count). The summed E-state index contributed by atoms with van der Waals surface area (Å²) in [6, 6.07) is 8.25. The summed E-state index contributed by atoms with van der Waals surface area (Å²) in [5, 5.41) is 4.72. The van der Waals surface area contributed by atoms with E-state index in [0.717, 1.165) is 17.1 Å². The zero-order valence-corrected chi connectivity index (χ0v) is 14.5. The molecule has 1 atom stereocenters. The Balaban J connectivity index is 2.16. The first kappa shape index (κ1) is 15.8. The minimum atomic E-state index is 0.105. The van der Waals surface area contributed by atoms with Gasteiger partial charge in [0.15, 0.2) is 0 Å². The van der Waals surface area contributed by atoms with E-state index in [1.54, 1.807) is 18.4 Å². The molecule has 0 fully saturated rings. The fraction of sp³-hybridized carbons (Fsp3) is 0.471. The number of thiazole rings is 1. The van der Waals surface area contributed by atoms with Gasteiger partial charge in [-0.3, -0.25) is 0 Å². The maximum Gasteiger partial charge on any atom is 0.119 e. The van der Waals surface area contributed by atoms with E-state index < -0.39 is 0 Å². The highest BCUT2D eigenvalue weighted by atomic mass is 32.1. The van der Waals surface area contributed by atoms with Gasteiger partial charge in [-0.25, -0.2) is 4.98 Å². The lowest BCUT2D eigenvalue weighted by Gasteiger charge is -2.15. The van der Waals surface area contributed by atoms with E-state index >= 15 is 0 Å². The molecule has 0 aliphatic heterocycles. The second kappa shape index (κ2) is 6.06. The molecule has 114 valence electrons. The third kappa shape index (κ3) is 3.76. The molecule has 0 spiro atoms. The van der Waals surface area contributed by atoms with Crippen LogP contribution in [0.3, 0.4) is 0 Å². The zero-order valence-electron chi connectivity index (χ0n) is 13.7. The first-order valence-electron chi connectivity index (χ1n) is 7.19. The standard InChI is InChI=1S/C17H24N2OS/c1-11(18-13-7-9-14(20-6)10-8-13)15-12(2)19-16(21-15)17(3,4)5/h7-11,18H,1-6H3. The molecule has 0 amide bonds. The number of aromatic nitrogens is 1. The van der Waals surface area contributed by atoms with Crippen LogP contribution in [0.1, 0.15) is 49.3 Å². The molecule has 4 heteroatoms. The van der Waals surface area contributed by atoms with Gasteiger partial charge in [0.25, 0.3) is 0 Å². The zero-order chi connectivity index (χ0) is 15.6. The molecular weight excluding hydrogens is 280 g/mol. The van der Waals surface area contributed by atoms with Crippen LogP contribution in [0.4, 0.5) is 5.69 Å². The van der Waals surface area contributed by atoms with E-state index in [2.05, 4.69) is 39.9 Å². The molecule has 0 saturated carbocycles. The van der Waals surface area contributed by atoms with Crippen LogP contribution in [0, 0.1) is 6.92 Å². The summed E-state index contributed by atoms with van der Waals surface area (Å²) >= 11 is 1.80. The van der Waals surface area contributed by atoms with E-state index in [9.17, 15) is 0 Å². The Morgan fingerprint density at radius 2 is 1.81 bits per heavy atom. The van der Waals surface area contributed by atoms with E-state index in [1.165, 1.54) is 9.88 Å². The number of nitrogens with zero attached hydrogens (tertiary/aromatic N) is 1. The van der Waals surface area contributed by atoms with Crippen molar-refractivity contribution < 1.29 is 4.74 Å². The minimum Gasteiger partial charge on any atom is -0.497 e. The molecule has 3 nitrogen and oxygen atoms in total. The van der Waals surface area contributed by atoms with Crippen LogP contribution in [-0.4, -0.2) is 12.1 Å². The van der Waals surface area contributed by atoms with Crippen molar-refractivity contribution in [2.45, 2.75) is 46.1 Å². The van der Waals surface area contributed by atoms with Gasteiger partial charge in [-0.1, -0.05) is 20.8 Å². The van der Waals surface area contributed by atoms with Crippen molar-refractivity contribution in [1.29, 1.82) is 0 Å². The summed E-state index contributed by atoms with van der Waals surface area (Å²) in [5.74, 6) is 0.872. The number of hydrogen-bond donors (Lipinski definition) is 1. The second-order valence-electron chi connectivity index (χ2n) is 6.31. The summed E-state index contributed by atoms with van der Waals surface area (Å²) < 4.78 is 5.18. The fourth-order valence-corrected chi connectivity index (χ4v) is 3.26. The predicted octanol–water partition coefficient (Wildman–Crippen LogP) is 4.93. The number of benzene rings is 1. The molecule has 0 saturated heterocycles. The van der Waals surface area contributed by atoms with Gasteiger partial charge in [-0.05, 0) is 38.1 Å². The second-order valence-corrected chi connectivity index (χ2v) is 7.34. The molecule has 1 heterocycles. The average molecular weight is 304 g/mol. The fourth-order valence-electron chi connectivity index (χ4n) is 2.13. The van der Waals surface area contributed by atoms with Crippen molar-refractivity contribution in [3.8, 4) is 5.75 Å². The molecule has 0 bridgehead atoms. The Labute approximate surface area is 131 Å². The van der Waals surface area contributed by atoms with Crippen molar-refractivity contribution in [2.24, 2.45) is 0 Å². The Kier molecular flexibility index (Phi) is 4.57. The van der Waals surface area contributed by atoms with Gasteiger partial charge >= 0.3 is 0 Å². The number of hydrogen-bond acceptors (Lipinski definition) is 4. The Morgan fingerprint density at radius 3 is 2.29 bits per heavy atom. The first-order valence-corrected chi connectivity index (χ1v) is 8.01. The van der Waals surface area contributed by atoms with Crippen molar-refractivity contribution in [3.63, 3.8) is 0 Å². The highest BCUT2D eigenvalue weighted by Crippen LogP contribution is 2.33. The summed E-state index contributed by atoms with van der Waals surface area (Å²) in [5.41, 5.74) is 2.32. The van der Waals surface area contributed by atoms with E-state index in [0.29, 0.717) is 0 Å². The van der Waals surface area contributed by atoms with Gasteiger partial charge in [-0.15, -0.1) is 11.3 Å². The SMILES string of the molecule is COc1ccc(NC(C)c2sc(C(C)(C)C)nc2C)cc1. The molecule has 1 aromatic heterocycles. The van der Waals surface area contributed by atoms with Crippen LogP contribution in [0.2, 0.25) is 0 Å². The third-order valence-corrected chi connectivity index (χ3v) is 5.11. The smallest absolute Gasteiger partial charge is 0.119 e. The largest absolute Gasteiger partial charge is 0.497 e. The van der Waals surface area contributed by atoms with Gasteiger partial charge in [0.05, 0.1) is 23.9 Å². The molecule has 1 unspecified atom stereocenters. The highest BCUT2D eigenvalue weighted by molar-refractivity contribution is 7.12. The van der Waals surface area contributed by atoms with Crippen LogP contribution < -0.4 is 10.1 Å². The number of methoxy groups -OCH3 is 1. The number of nitrogens with one attached hydrogen (secondary N) is 1. The van der Waals surface area contributed by atoms with E-state index in [-0.39, 0.29) is 11.5 Å². The van der Waals surface area contributed by atoms with Crippen LogP contribution in [0.15, 0.2) is 24.3 Å². The quantitative estimate of drug-likeness (QED) is 0.869. The van der Waals surface area contributed by atoms with Gasteiger partial charge in [0.2, 0.25) is 0 Å². The monoisotopic (exact) mass is 304 g/mol. The Hall–Kier alpha value is -1.55. The summed E-state index contributed by atoms with van der Waals surface area (Å²) in [6.45, 7) is 10.9. The van der Waals surface area contributed by atoms with Gasteiger partial charge in [-0.2, -0.15) is 0 Å². The van der Waals surface area contributed by atoms with Crippen molar-refractivity contribution >= 4 is 17.0 Å². The lowest BCUT2D eigenvalue weighted by atomic mass is 9.98.